The monoisotopic (exact) mass is 583 g/mol. The molecule has 0 aromatic carbocycles. The van der Waals surface area contributed by atoms with Crippen LogP contribution in [0.15, 0.2) is 11.6 Å². The summed E-state index contributed by atoms with van der Waals surface area (Å²) in [4.78, 5) is 0. The largest absolute Gasteiger partial charge is 0.330 e. The van der Waals surface area contributed by atoms with E-state index in [9.17, 15) is 0 Å². The molecule has 8 N–H and O–H groups in total. The zero-order chi connectivity index (χ0) is 31.7. The van der Waals surface area contributed by atoms with Crippen LogP contribution in [0.3, 0.4) is 0 Å². The average Bonchev–Trinajstić information content (AvgIpc) is 3.24. The molecule has 250 valence electrons. The van der Waals surface area contributed by atoms with Gasteiger partial charge in [-0.15, -0.1) is 0 Å². The van der Waals surface area contributed by atoms with E-state index in [0.717, 1.165) is 31.3 Å². The van der Waals surface area contributed by atoms with Gasteiger partial charge < -0.3 is 22.9 Å². The smallest absolute Gasteiger partial charge is 0.00765 e. The van der Waals surface area contributed by atoms with Gasteiger partial charge in [-0.1, -0.05) is 144 Å². The molecule has 4 heteroatoms. The van der Waals surface area contributed by atoms with Gasteiger partial charge >= 0.3 is 0 Å². The van der Waals surface area contributed by atoms with Gasteiger partial charge in [0.2, 0.25) is 0 Å². The van der Waals surface area contributed by atoms with Crippen molar-refractivity contribution >= 4 is 0 Å². The van der Waals surface area contributed by atoms with E-state index in [2.05, 4.69) is 47.6 Å². The molecular formula is C37H82N4. The van der Waals surface area contributed by atoms with Crippen molar-refractivity contribution in [2.24, 2.45) is 40.7 Å². The number of unbranched alkanes of at least 4 members (excludes halogenated alkanes) is 3. The number of hydrogen-bond donors (Lipinski definition) is 4. The fourth-order valence-electron chi connectivity index (χ4n) is 5.40. The predicted octanol–water partition coefficient (Wildman–Crippen LogP) is 10.3. The standard InChI is InChI=1S/C13H25N.C8H15N.C6H15N.C5H13N.C3H8.C2H6/c14-13-8-4-7-12(9-10-13)11-5-2-1-3-6-11;1-2-7-3-5-8(9)6-4-7;1-2-3-4-5-6-7;1-3-5(2)4-6;1-3-2;1-2/h11-13H,1-10,14H2;3,8H,2,4-6,9H2,1H3;2-7H2,1H3;5H,3-4,6H2,1-2H3;3H2,1-2H3;1-2H3/t12-,13?;;;5-;;/m0..0../s1. The molecule has 3 aliphatic carbocycles. The van der Waals surface area contributed by atoms with Gasteiger partial charge in [-0.25, -0.2) is 0 Å². The lowest BCUT2D eigenvalue weighted by molar-refractivity contribution is 0.226. The summed E-state index contributed by atoms with van der Waals surface area (Å²) in [6.07, 6.45) is 29.0. The Morgan fingerprint density at radius 3 is 1.73 bits per heavy atom. The molecule has 0 radical (unpaired) electrons. The fourth-order valence-corrected chi connectivity index (χ4v) is 5.40. The van der Waals surface area contributed by atoms with Crippen molar-refractivity contribution in [2.75, 3.05) is 13.1 Å². The molecule has 3 rings (SSSR count). The van der Waals surface area contributed by atoms with Crippen LogP contribution >= 0.6 is 0 Å². The van der Waals surface area contributed by atoms with Gasteiger partial charge in [-0.2, -0.15) is 0 Å². The van der Waals surface area contributed by atoms with Crippen LogP contribution in [0.5, 0.6) is 0 Å². The summed E-state index contributed by atoms with van der Waals surface area (Å²) < 4.78 is 0. The summed E-state index contributed by atoms with van der Waals surface area (Å²) in [7, 11) is 0. The summed E-state index contributed by atoms with van der Waals surface area (Å²) in [6.45, 7) is 18.7. The van der Waals surface area contributed by atoms with Crippen molar-refractivity contribution in [1.82, 2.24) is 0 Å². The van der Waals surface area contributed by atoms with Crippen LogP contribution in [0.1, 0.15) is 184 Å². The third-order valence-electron chi connectivity index (χ3n) is 8.53. The topological polar surface area (TPSA) is 104 Å². The van der Waals surface area contributed by atoms with Gasteiger partial charge in [0.25, 0.3) is 0 Å². The Bertz CT molecular complexity index is 493. The zero-order valence-corrected chi connectivity index (χ0v) is 29.8. The molecule has 0 heterocycles. The van der Waals surface area contributed by atoms with Crippen LogP contribution < -0.4 is 22.9 Å². The lowest BCUT2D eigenvalue weighted by Crippen LogP contribution is -2.21. The predicted molar refractivity (Wildman–Crippen MR) is 190 cm³/mol. The fraction of sp³-hybridized carbons (Fsp3) is 0.946. The van der Waals surface area contributed by atoms with Crippen LogP contribution in [-0.2, 0) is 0 Å². The Morgan fingerprint density at radius 1 is 0.707 bits per heavy atom. The van der Waals surface area contributed by atoms with Crippen LogP contribution in [-0.4, -0.2) is 25.2 Å². The maximum atomic E-state index is 6.03. The first-order valence-corrected chi connectivity index (χ1v) is 18.4. The number of rotatable bonds is 8. The molecule has 3 aliphatic rings. The van der Waals surface area contributed by atoms with E-state index >= 15 is 0 Å². The summed E-state index contributed by atoms with van der Waals surface area (Å²) in [6, 6.07) is 0.962. The van der Waals surface area contributed by atoms with E-state index in [1.54, 1.807) is 5.57 Å². The van der Waals surface area contributed by atoms with Gasteiger partial charge in [0.05, 0.1) is 0 Å². The first-order valence-electron chi connectivity index (χ1n) is 18.4. The van der Waals surface area contributed by atoms with Crippen LogP contribution in [0.2, 0.25) is 0 Å². The molecule has 0 aromatic rings. The molecule has 0 bridgehead atoms. The third kappa shape index (κ3) is 30.8. The summed E-state index contributed by atoms with van der Waals surface area (Å²) in [5, 5.41) is 0. The molecule has 0 saturated heterocycles. The molecule has 0 amide bonds. The molecule has 0 aliphatic heterocycles. The second-order valence-corrected chi connectivity index (χ2v) is 12.5. The summed E-state index contributed by atoms with van der Waals surface area (Å²) in [5.74, 6) is 2.81. The Kier molecular flexibility index (Phi) is 39.3. The van der Waals surface area contributed by atoms with Crippen LogP contribution in [0, 0.1) is 17.8 Å². The van der Waals surface area contributed by atoms with E-state index in [-0.39, 0.29) is 0 Å². The van der Waals surface area contributed by atoms with Gasteiger partial charge in [-0.3, -0.25) is 0 Å². The minimum absolute atomic E-state index is 0.445. The first kappa shape index (κ1) is 45.0. The Hall–Kier alpha value is -0.420. The molecule has 4 atom stereocenters. The van der Waals surface area contributed by atoms with E-state index in [0.29, 0.717) is 18.0 Å². The Morgan fingerprint density at radius 2 is 1.29 bits per heavy atom. The van der Waals surface area contributed by atoms with Gasteiger partial charge in [0.15, 0.2) is 0 Å². The highest BCUT2D eigenvalue weighted by Crippen LogP contribution is 2.37. The van der Waals surface area contributed by atoms with Crippen molar-refractivity contribution < 1.29 is 0 Å². The lowest BCUT2D eigenvalue weighted by atomic mass is 9.77. The molecule has 2 fully saturated rings. The van der Waals surface area contributed by atoms with Gasteiger partial charge in [0.1, 0.15) is 0 Å². The maximum Gasteiger partial charge on any atom is 0.00765 e. The van der Waals surface area contributed by atoms with Crippen LogP contribution in [0.4, 0.5) is 0 Å². The van der Waals surface area contributed by atoms with Gasteiger partial charge in [-0.05, 0) is 82.2 Å². The minimum atomic E-state index is 0.445. The SMILES string of the molecule is CC.CCC.CCC1=CCC(N)CC1.CCCCCCN.CC[C@H](C)CN.NC1CCC[C@H](C2CCCCC2)CC1. The lowest BCUT2D eigenvalue weighted by Gasteiger charge is -2.29. The molecule has 0 spiro atoms. The normalized spacial score (nSPS) is 22.9. The Labute approximate surface area is 261 Å². The third-order valence-corrected chi connectivity index (χ3v) is 8.53. The second kappa shape index (κ2) is 35.8. The van der Waals surface area contributed by atoms with Crippen molar-refractivity contribution in [1.29, 1.82) is 0 Å². The molecule has 2 saturated carbocycles. The second-order valence-electron chi connectivity index (χ2n) is 12.5. The summed E-state index contributed by atoms with van der Waals surface area (Å²) in [5.41, 5.74) is 23.9. The molecule has 2 unspecified atom stereocenters. The van der Waals surface area contributed by atoms with Crippen molar-refractivity contribution in [3.8, 4) is 0 Å². The zero-order valence-electron chi connectivity index (χ0n) is 29.8. The molecule has 41 heavy (non-hydrogen) atoms. The van der Waals surface area contributed by atoms with Gasteiger partial charge in [0, 0.05) is 12.1 Å². The number of hydrogen-bond acceptors (Lipinski definition) is 4. The van der Waals surface area contributed by atoms with E-state index in [1.165, 1.54) is 122 Å². The van der Waals surface area contributed by atoms with E-state index in [4.69, 9.17) is 22.9 Å². The molecule has 4 nitrogen and oxygen atoms in total. The number of nitrogens with two attached hydrogens (primary N) is 4. The number of allylic oxidation sites excluding steroid dienone is 1. The molecular weight excluding hydrogens is 500 g/mol. The van der Waals surface area contributed by atoms with Crippen molar-refractivity contribution in [3.63, 3.8) is 0 Å². The van der Waals surface area contributed by atoms with E-state index < -0.39 is 0 Å². The summed E-state index contributed by atoms with van der Waals surface area (Å²) >= 11 is 0. The minimum Gasteiger partial charge on any atom is -0.330 e. The quantitative estimate of drug-likeness (QED) is 0.130. The highest BCUT2D eigenvalue weighted by atomic mass is 14.6. The van der Waals surface area contributed by atoms with Crippen molar-refractivity contribution in [3.05, 3.63) is 11.6 Å². The van der Waals surface area contributed by atoms with Crippen LogP contribution in [0.25, 0.3) is 0 Å². The first-order chi connectivity index (χ1) is 19.8. The molecule has 0 aromatic heterocycles. The highest BCUT2D eigenvalue weighted by molar-refractivity contribution is 5.06. The average molecular weight is 583 g/mol. The Balaban J connectivity index is -0.000000469. The maximum absolute atomic E-state index is 6.03. The van der Waals surface area contributed by atoms with Crippen molar-refractivity contribution in [2.45, 2.75) is 196 Å². The van der Waals surface area contributed by atoms with E-state index in [1.807, 2.05) is 13.8 Å². The highest BCUT2D eigenvalue weighted by Gasteiger charge is 2.25.